The van der Waals surface area contributed by atoms with Gasteiger partial charge in [0, 0.05) is 0 Å². The number of nitrogens with zero attached hydrogens (tertiary/aromatic N) is 2. The van der Waals surface area contributed by atoms with Crippen LogP contribution in [0.1, 0.15) is 53.9 Å². The minimum Gasteiger partial charge on any atom is -0.493 e. The molecule has 128 valence electrons. The van der Waals surface area contributed by atoms with Gasteiger partial charge in [-0.2, -0.15) is 0 Å². The topological polar surface area (TPSA) is 73.3 Å². The molecule has 0 spiro atoms. The molecule has 1 aromatic carbocycles. The van der Waals surface area contributed by atoms with Crippen molar-refractivity contribution in [2.24, 2.45) is 0 Å². The van der Waals surface area contributed by atoms with Gasteiger partial charge in [0.2, 0.25) is 0 Å². The molecule has 1 unspecified atom stereocenters. The number of hydrogen-bond acceptors (Lipinski definition) is 6. The van der Waals surface area contributed by atoms with Crippen LogP contribution in [-0.4, -0.2) is 28.7 Å². The van der Waals surface area contributed by atoms with Crippen molar-refractivity contribution in [1.82, 2.24) is 14.9 Å². The quantitative estimate of drug-likeness (QED) is 0.867. The number of hydrogen-bond donors (Lipinski definition) is 1. The minimum absolute atomic E-state index is 0.158. The van der Waals surface area contributed by atoms with Crippen molar-refractivity contribution in [1.29, 1.82) is 0 Å². The molecule has 1 fully saturated rings. The number of carbonyl (C=O) groups is 1. The lowest BCUT2D eigenvalue weighted by Gasteiger charge is -2.19. The lowest BCUT2D eigenvalue weighted by Crippen LogP contribution is -2.26. The highest BCUT2D eigenvalue weighted by molar-refractivity contribution is 7.07. The highest BCUT2D eigenvalue weighted by Crippen LogP contribution is 2.33. The van der Waals surface area contributed by atoms with E-state index in [2.05, 4.69) is 14.9 Å². The number of aromatic nitrogens is 2. The van der Waals surface area contributed by atoms with Crippen molar-refractivity contribution < 1.29 is 14.3 Å². The van der Waals surface area contributed by atoms with E-state index in [0.717, 1.165) is 35.7 Å². The van der Waals surface area contributed by atoms with E-state index in [1.54, 1.807) is 7.11 Å². The fraction of sp³-hybridized carbons (Fsp3) is 0.471. The third-order valence-corrected chi connectivity index (χ3v) is 4.88. The predicted molar refractivity (Wildman–Crippen MR) is 91.7 cm³/mol. The summed E-state index contributed by atoms with van der Waals surface area (Å²) in [5, 5.41) is 6.62. The molecule has 1 heterocycles. The maximum absolute atomic E-state index is 12.1. The van der Waals surface area contributed by atoms with Gasteiger partial charge in [-0.15, -0.1) is 5.10 Å². The molecule has 1 aromatic heterocycles. The average molecular weight is 347 g/mol. The van der Waals surface area contributed by atoms with Crippen molar-refractivity contribution in [3.63, 3.8) is 0 Å². The zero-order chi connectivity index (χ0) is 16.9. The van der Waals surface area contributed by atoms with Crippen LogP contribution in [0.3, 0.4) is 0 Å². The molecule has 1 atom stereocenters. The van der Waals surface area contributed by atoms with Crippen LogP contribution in [0.25, 0.3) is 0 Å². The highest BCUT2D eigenvalue weighted by Gasteiger charge is 2.20. The van der Waals surface area contributed by atoms with Crippen LogP contribution in [0.2, 0.25) is 0 Å². The summed E-state index contributed by atoms with van der Waals surface area (Å²) in [6.45, 7) is 1.93. The first-order valence-electron chi connectivity index (χ1n) is 8.10. The molecule has 1 N–H and O–H groups in total. The first-order valence-corrected chi connectivity index (χ1v) is 8.87. The molecule has 0 saturated heterocycles. The molecular formula is C17H21N3O3S. The fourth-order valence-corrected chi connectivity index (χ4v) is 3.27. The van der Waals surface area contributed by atoms with Gasteiger partial charge in [0.25, 0.3) is 5.91 Å². The maximum atomic E-state index is 12.1. The molecule has 1 aliphatic carbocycles. The van der Waals surface area contributed by atoms with Gasteiger partial charge in [-0.25, -0.2) is 0 Å². The molecule has 0 radical (unpaired) electrons. The van der Waals surface area contributed by atoms with Crippen molar-refractivity contribution in [2.75, 3.05) is 7.11 Å². The molecule has 1 amide bonds. The van der Waals surface area contributed by atoms with Gasteiger partial charge in [0.1, 0.15) is 4.88 Å². The Balaban J connectivity index is 1.69. The Morgan fingerprint density at radius 1 is 1.33 bits per heavy atom. The second kappa shape index (κ2) is 7.61. The normalized spacial score (nSPS) is 15.9. The minimum atomic E-state index is -0.178. The van der Waals surface area contributed by atoms with E-state index in [4.69, 9.17) is 9.47 Å². The van der Waals surface area contributed by atoms with Crippen LogP contribution < -0.4 is 14.8 Å². The Morgan fingerprint density at radius 3 is 2.79 bits per heavy atom. The molecular weight excluding hydrogens is 326 g/mol. The van der Waals surface area contributed by atoms with Gasteiger partial charge in [0.15, 0.2) is 11.5 Å². The SMILES string of the molecule is COc1cc(C(C)NC(=O)c2cnns2)ccc1OC1CCCC1. The molecule has 2 aromatic rings. The molecule has 1 saturated carbocycles. The van der Waals surface area contributed by atoms with Crippen molar-refractivity contribution >= 4 is 17.4 Å². The predicted octanol–water partition coefficient (Wildman–Crippen LogP) is 3.36. The first-order chi connectivity index (χ1) is 11.7. The van der Waals surface area contributed by atoms with E-state index in [1.165, 1.54) is 19.0 Å². The van der Waals surface area contributed by atoms with E-state index < -0.39 is 0 Å². The van der Waals surface area contributed by atoms with Crippen molar-refractivity contribution in [3.8, 4) is 11.5 Å². The molecule has 6 nitrogen and oxygen atoms in total. The zero-order valence-electron chi connectivity index (χ0n) is 13.8. The Hall–Kier alpha value is -2.15. The average Bonchev–Trinajstić information content (AvgIpc) is 3.28. The summed E-state index contributed by atoms with van der Waals surface area (Å²) >= 11 is 1.08. The second-order valence-electron chi connectivity index (χ2n) is 5.91. The smallest absolute Gasteiger partial charge is 0.265 e. The Morgan fingerprint density at radius 2 is 2.12 bits per heavy atom. The summed E-state index contributed by atoms with van der Waals surface area (Å²) in [5.74, 6) is 1.28. The molecule has 24 heavy (non-hydrogen) atoms. The van der Waals surface area contributed by atoms with E-state index in [0.29, 0.717) is 10.6 Å². The van der Waals surface area contributed by atoms with Gasteiger partial charge < -0.3 is 14.8 Å². The summed E-state index contributed by atoms with van der Waals surface area (Å²) < 4.78 is 15.2. The Bertz CT molecular complexity index is 684. The third-order valence-electron chi connectivity index (χ3n) is 4.22. The summed E-state index contributed by atoms with van der Waals surface area (Å²) in [6, 6.07) is 5.64. The standard InChI is InChI=1S/C17H21N3O3S/c1-11(19-17(21)16-10-18-20-24-16)12-7-8-14(15(9-12)22-2)23-13-5-3-4-6-13/h7-11,13H,3-6H2,1-2H3,(H,19,21). The maximum Gasteiger partial charge on any atom is 0.265 e. The van der Waals surface area contributed by atoms with Gasteiger partial charge in [0.05, 0.1) is 25.5 Å². The Kier molecular flexibility index (Phi) is 5.30. The van der Waals surface area contributed by atoms with Crippen LogP contribution in [-0.2, 0) is 0 Å². The van der Waals surface area contributed by atoms with Crippen LogP contribution in [0.5, 0.6) is 11.5 Å². The Labute approximate surface area is 145 Å². The number of benzene rings is 1. The molecule has 7 heteroatoms. The van der Waals surface area contributed by atoms with Gasteiger partial charge in [-0.05, 0) is 61.8 Å². The summed E-state index contributed by atoms with van der Waals surface area (Å²) in [5.41, 5.74) is 0.955. The number of carbonyl (C=O) groups excluding carboxylic acids is 1. The number of rotatable bonds is 6. The number of nitrogens with one attached hydrogen (secondary N) is 1. The van der Waals surface area contributed by atoms with E-state index >= 15 is 0 Å². The largest absolute Gasteiger partial charge is 0.493 e. The highest BCUT2D eigenvalue weighted by atomic mass is 32.1. The van der Waals surface area contributed by atoms with Gasteiger partial charge >= 0.3 is 0 Å². The van der Waals surface area contributed by atoms with Gasteiger partial charge in [-0.3, -0.25) is 4.79 Å². The monoisotopic (exact) mass is 347 g/mol. The summed E-state index contributed by atoms with van der Waals surface area (Å²) in [7, 11) is 1.63. The number of methoxy groups -OCH3 is 1. The number of ether oxygens (including phenoxy) is 2. The van der Waals surface area contributed by atoms with Crippen LogP contribution in [0, 0.1) is 0 Å². The van der Waals surface area contributed by atoms with E-state index in [1.807, 2.05) is 25.1 Å². The van der Waals surface area contributed by atoms with E-state index in [9.17, 15) is 4.79 Å². The first kappa shape index (κ1) is 16.7. The molecule has 0 aliphatic heterocycles. The van der Waals surface area contributed by atoms with Crippen molar-refractivity contribution in [3.05, 3.63) is 34.8 Å². The van der Waals surface area contributed by atoms with Crippen LogP contribution in [0.15, 0.2) is 24.4 Å². The lowest BCUT2D eigenvalue weighted by molar-refractivity contribution is 0.0943. The molecule has 1 aliphatic rings. The van der Waals surface area contributed by atoms with Gasteiger partial charge in [-0.1, -0.05) is 10.6 Å². The molecule has 3 rings (SSSR count). The molecule has 0 bridgehead atoms. The second-order valence-corrected chi connectivity index (χ2v) is 6.70. The van der Waals surface area contributed by atoms with Crippen LogP contribution in [0.4, 0.5) is 0 Å². The van der Waals surface area contributed by atoms with E-state index in [-0.39, 0.29) is 18.1 Å². The van der Waals surface area contributed by atoms with Crippen LogP contribution >= 0.6 is 11.5 Å². The third kappa shape index (κ3) is 3.84. The summed E-state index contributed by atoms with van der Waals surface area (Å²) in [4.78, 5) is 12.6. The zero-order valence-corrected chi connectivity index (χ0v) is 14.6. The fourth-order valence-electron chi connectivity index (χ4n) is 2.85. The lowest BCUT2D eigenvalue weighted by atomic mass is 10.1. The van der Waals surface area contributed by atoms with Crippen molar-refractivity contribution in [2.45, 2.75) is 44.8 Å². The number of amides is 1. The summed E-state index contributed by atoms with van der Waals surface area (Å²) in [6.07, 6.45) is 6.38.